The number of methoxy groups -OCH3 is 1. The van der Waals surface area contributed by atoms with Crippen LogP contribution in [0.2, 0.25) is 0 Å². The van der Waals surface area contributed by atoms with E-state index in [0.29, 0.717) is 11.4 Å². The molecule has 0 spiro atoms. The molecule has 34 heavy (non-hydrogen) atoms. The van der Waals surface area contributed by atoms with E-state index in [1.807, 2.05) is 36.4 Å². The second-order valence-electron chi connectivity index (χ2n) is 7.96. The van der Waals surface area contributed by atoms with E-state index in [4.69, 9.17) is 4.74 Å². The molecular weight excluding hydrogens is 433 g/mol. The number of hydrogen-bond acceptors (Lipinski definition) is 5. The summed E-state index contributed by atoms with van der Waals surface area (Å²) in [4.78, 5) is 11.9. The lowest BCUT2D eigenvalue weighted by Crippen LogP contribution is -1.87. The highest BCUT2D eigenvalue weighted by atomic mass is 19.1. The van der Waals surface area contributed by atoms with Gasteiger partial charge in [0.25, 0.3) is 0 Å². The minimum Gasteiger partial charge on any atom is -0.506 e. The number of fused-ring (bicyclic) bond motifs is 2. The van der Waals surface area contributed by atoms with E-state index in [1.165, 1.54) is 25.4 Å². The van der Waals surface area contributed by atoms with Gasteiger partial charge in [-0.3, -0.25) is 10.1 Å². The quantitative estimate of drug-likeness (QED) is 0.320. The van der Waals surface area contributed by atoms with Gasteiger partial charge in [-0.05, 0) is 47.5 Å². The molecule has 7 nitrogen and oxygen atoms in total. The maximum Gasteiger partial charge on any atom is 0.181 e. The zero-order valence-corrected chi connectivity index (χ0v) is 18.0. The van der Waals surface area contributed by atoms with Crippen LogP contribution in [0.5, 0.6) is 11.5 Å². The van der Waals surface area contributed by atoms with Crippen molar-refractivity contribution in [2.24, 2.45) is 0 Å². The number of aromatic hydroxyl groups is 1. The molecule has 4 heterocycles. The predicted octanol–water partition coefficient (Wildman–Crippen LogP) is 5.69. The molecule has 0 aliphatic carbocycles. The summed E-state index contributed by atoms with van der Waals surface area (Å²) in [6.07, 6.45) is 4.75. The van der Waals surface area contributed by atoms with Crippen molar-refractivity contribution >= 4 is 21.9 Å². The van der Waals surface area contributed by atoms with Crippen molar-refractivity contribution in [2.75, 3.05) is 7.11 Å². The van der Waals surface area contributed by atoms with Crippen molar-refractivity contribution in [3.63, 3.8) is 0 Å². The van der Waals surface area contributed by atoms with Crippen LogP contribution in [-0.2, 0) is 0 Å². The number of rotatable bonds is 4. The molecule has 0 saturated heterocycles. The van der Waals surface area contributed by atoms with Crippen molar-refractivity contribution in [3.8, 4) is 45.1 Å². The fourth-order valence-electron chi connectivity index (χ4n) is 4.23. The lowest BCUT2D eigenvalue weighted by Gasteiger charge is -2.07. The lowest BCUT2D eigenvalue weighted by molar-refractivity contribution is 0.411. The number of aromatic nitrogens is 5. The highest BCUT2D eigenvalue weighted by Crippen LogP contribution is 2.36. The minimum absolute atomic E-state index is 0.0853. The summed E-state index contributed by atoms with van der Waals surface area (Å²) in [5, 5.41) is 19.0. The Morgan fingerprint density at radius 1 is 0.912 bits per heavy atom. The summed E-state index contributed by atoms with van der Waals surface area (Å²) in [6.45, 7) is 0. The second-order valence-corrected chi connectivity index (χ2v) is 7.96. The van der Waals surface area contributed by atoms with Crippen LogP contribution in [0.4, 0.5) is 4.39 Å². The van der Waals surface area contributed by atoms with Crippen molar-refractivity contribution in [3.05, 3.63) is 79.0 Å². The monoisotopic (exact) mass is 451 g/mol. The lowest BCUT2D eigenvalue weighted by atomic mass is 10.0. The van der Waals surface area contributed by atoms with E-state index in [2.05, 4.69) is 25.1 Å². The molecule has 0 radical (unpaired) electrons. The number of nitrogens with one attached hydrogen (secondary N) is 2. The first-order valence-electron chi connectivity index (χ1n) is 10.5. The van der Waals surface area contributed by atoms with Crippen LogP contribution in [0.1, 0.15) is 0 Å². The molecule has 0 atom stereocenters. The molecule has 0 amide bonds. The number of hydrogen-bond donors (Lipinski definition) is 3. The van der Waals surface area contributed by atoms with Crippen LogP contribution in [0, 0.1) is 5.82 Å². The van der Waals surface area contributed by atoms with Gasteiger partial charge in [-0.25, -0.2) is 9.37 Å². The van der Waals surface area contributed by atoms with E-state index >= 15 is 0 Å². The number of halogens is 1. The van der Waals surface area contributed by atoms with Crippen molar-refractivity contribution in [1.82, 2.24) is 25.1 Å². The van der Waals surface area contributed by atoms with E-state index in [1.54, 1.807) is 18.5 Å². The maximum atomic E-state index is 14.2. The number of ether oxygens (including phenoxy) is 1. The summed E-state index contributed by atoms with van der Waals surface area (Å²) >= 11 is 0. The smallest absolute Gasteiger partial charge is 0.181 e. The third kappa shape index (κ3) is 3.32. The zero-order valence-electron chi connectivity index (χ0n) is 18.0. The fourth-order valence-corrected chi connectivity index (χ4v) is 4.23. The molecule has 0 fully saturated rings. The Morgan fingerprint density at radius 2 is 1.79 bits per heavy atom. The topological polar surface area (TPSA) is 99.7 Å². The van der Waals surface area contributed by atoms with Gasteiger partial charge < -0.3 is 14.8 Å². The Morgan fingerprint density at radius 3 is 2.65 bits per heavy atom. The molecule has 6 rings (SSSR count). The van der Waals surface area contributed by atoms with Gasteiger partial charge in [-0.2, -0.15) is 5.10 Å². The summed E-state index contributed by atoms with van der Waals surface area (Å²) < 4.78 is 19.4. The van der Waals surface area contributed by atoms with Crippen molar-refractivity contribution < 1.29 is 14.2 Å². The van der Waals surface area contributed by atoms with Gasteiger partial charge in [0.2, 0.25) is 0 Å². The average molecular weight is 451 g/mol. The Kier molecular flexibility index (Phi) is 4.51. The zero-order chi connectivity index (χ0) is 23.2. The average Bonchev–Trinajstić information content (AvgIpc) is 3.47. The molecule has 6 aromatic rings. The number of H-pyrrole nitrogens is 2. The maximum absolute atomic E-state index is 14.2. The summed E-state index contributed by atoms with van der Waals surface area (Å²) in [6, 6.07) is 16.1. The number of nitrogens with zero attached hydrogens (tertiary/aromatic N) is 3. The summed E-state index contributed by atoms with van der Waals surface area (Å²) in [5.74, 6) is 0.186. The first-order valence-corrected chi connectivity index (χ1v) is 10.5. The Hall–Kier alpha value is -4.72. The SMILES string of the molecule is COc1cc(F)cc(-c2cccc3[nH]c(-c4[nH]nc5ncc(-c6cncc(O)c6)cc45)cc23)c1. The molecule has 4 aromatic heterocycles. The van der Waals surface area contributed by atoms with Gasteiger partial charge >= 0.3 is 0 Å². The summed E-state index contributed by atoms with van der Waals surface area (Å²) in [5.41, 5.74) is 6.23. The van der Waals surface area contributed by atoms with Crippen molar-refractivity contribution in [1.29, 1.82) is 0 Å². The van der Waals surface area contributed by atoms with Crippen LogP contribution in [0.3, 0.4) is 0 Å². The predicted molar refractivity (Wildman–Crippen MR) is 128 cm³/mol. The first kappa shape index (κ1) is 19.9. The number of benzene rings is 2. The first-order chi connectivity index (χ1) is 16.6. The third-order valence-electron chi connectivity index (χ3n) is 5.82. The Bertz CT molecular complexity index is 1690. The summed E-state index contributed by atoms with van der Waals surface area (Å²) in [7, 11) is 1.52. The molecule has 0 aliphatic heterocycles. The molecule has 3 N–H and O–H groups in total. The van der Waals surface area contributed by atoms with Gasteiger partial charge in [-0.15, -0.1) is 0 Å². The molecule has 0 unspecified atom stereocenters. The van der Waals surface area contributed by atoms with Crippen LogP contribution in [-0.4, -0.2) is 37.4 Å². The standard InChI is InChI=1S/C26H18FN5O2/c1-34-19-7-14(5-17(27)9-19)20-3-2-4-23-21(20)10-24(30-23)25-22-8-16(12-29-26(22)32-31-25)15-6-18(33)13-28-11-15/h2-13,30,33H,1H3,(H,29,31,32). The van der Waals surface area contributed by atoms with Gasteiger partial charge in [0, 0.05) is 45.9 Å². The Balaban J connectivity index is 1.50. The van der Waals surface area contributed by atoms with Crippen LogP contribution in [0.15, 0.2) is 73.2 Å². The van der Waals surface area contributed by atoms with Gasteiger partial charge in [-0.1, -0.05) is 12.1 Å². The highest BCUT2D eigenvalue weighted by molar-refractivity contribution is 6.01. The third-order valence-corrected chi connectivity index (χ3v) is 5.82. The van der Waals surface area contributed by atoms with Crippen LogP contribution in [0.25, 0.3) is 55.6 Å². The number of pyridine rings is 2. The largest absolute Gasteiger partial charge is 0.506 e. The fraction of sp³-hybridized carbons (Fsp3) is 0.0385. The van der Waals surface area contributed by atoms with E-state index in [-0.39, 0.29) is 11.6 Å². The number of aromatic amines is 2. The van der Waals surface area contributed by atoms with Crippen LogP contribution < -0.4 is 4.74 Å². The second kappa shape index (κ2) is 7.70. The van der Waals surface area contributed by atoms with E-state index < -0.39 is 0 Å². The molecule has 8 heteroatoms. The Labute approximate surface area is 192 Å². The van der Waals surface area contributed by atoms with Gasteiger partial charge in [0.15, 0.2) is 5.65 Å². The molecule has 0 bridgehead atoms. The van der Waals surface area contributed by atoms with Gasteiger partial charge in [0.1, 0.15) is 17.3 Å². The molecular formula is C26H18FN5O2. The van der Waals surface area contributed by atoms with E-state index in [9.17, 15) is 9.50 Å². The molecule has 0 aliphatic rings. The molecule has 166 valence electrons. The van der Waals surface area contributed by atoms with Crippen molar-refractivity contribution in [2.45, 2.75) is 0 Å². The normalized spacial score (nSPS) is 11.4. The molecule has 2 aromatic carbocycles. The minimum atomic E-state index is -0.360. The highest BCUT2D eigenvalue weighted by Gasteiger charge is 2.15. The molecule has 0 saturated carbocycles. The van der Waals surface area contributed by atoms with E-state index in [0.717, 1.165) is 49.9 Å². The van der Waals surface area contributed by atoms with Crippen LogP contribution >= 0.6 is 0 Å². The van der Waals surface area contributed by atoms with Gasteiger partial charge in [0.05, 0.1) is 24.7 Å².